The van der Waals surface area contributed by atoms with Crippen LogP contribution in [0, 0.1) is 11.8 Å². The van der Waals surface area contributed by atoms with E-state index < -0.39 is 73.4 Å². The quantitative estimate of drug-likeness (QED) is 0.381. The first-order chi connectivity index (χ1) is 18.2. The zero-order valence-corrected chi connectivity index (χ0v) is 21.7. The van der Waals surface area contributed by atoms with Gasteiger partial charge in [0.15, 0.2) is 11.9 Å². The number of hydrogen-bond donors (Lipinski definition) is 2. The van der Waals surface area contributed by atoms with E-state index in [1.807, 2.05) is 0 Å². The molecule has 2 amide bonds. The summed E-state index contributed by atoms with van der Waals surface area (Å²) >= 11 is 6.35. The Morgan fingerprint density at radius 3 is 2.26 bits per heavy atom. The molecule has 1 heterocycles. The lowest BCUT2D eigenvalue weighted by Crippen LogP contribution is -2.47. The zero-order chi connectivity index (χ0) is 29.0. The van der Waals surface area contributed by atoms with Crippen LogP contribution in [0.5, 0.6) is 0 Å². The monoisotopic (exact) mass is 571 g/mol. The first kappa shape index (κ1) is 30.2. The fourth-order valence-corrected chi connectivity index (χ4v) is 4.71. The van der Waals surface area contributed by atoms with E-state index in [1.54, 1.807) is 48.5 Å². The van der Waals surface area contributed by atoms with Gasteiger partial charge in [0.2, 0.25) is 17.7 Å². The van der Waals surface area contributed by atoms with Crippen LogP contribution in [0.2, 0.25) is 5.02 Å². The molecule has 0 aliphatic carbocycles. The number of hydrogen-bond acceptors (Lipinski definition) is 4. The average molecular weight is 572 g/mol. The number of ketones is 1. The highest BCUT2D eigenvalue weighted by Gasteiger charge is 2.39. The van der Waals surface area contributed by atoms with Gasteiger partial charge in [0.1, 0.15) is 0 Å². The van der Waals surface area contributed by atoms with Gasteiger partial charge in [-0.1, -0.05) is 54.1 Å². The number of halogens is 6. The molecule has 0 spiro atoms. The van der Waals surface area contributed by atoms with Crippen molar-refractivity contribution in [2.75, 3.05) is 0 Å². The Morgan fingerprint density at radius 1 is 1.03 bits per heavy atom. The molecule has 3 rings (SSSR count). The molecule has 0 saturated carbocycles. The summed E-state index contributed by atoms with van der Waals surface area (Å²) in [4.78, 5) is 43.1. The smallest absolute Gasteiger partial charge is 0.369 e. The van der Waals surface area contributed by atoms with Gasteiger partial charge in [0.25, 0.3) is 0 Å². The Morgan fingerprint density at radius 2 is 1.67 bits per heavy atom. The molecule has 1 aliphatic rings. The van der Waals surface area contributed by atoms with Crippen molar-refractivity contribution in [2.24, 2.45) is 22.6 Å². The lowest BCUT2D eigenvalue weighted by Gasteiger charge is -2.26. The Hall–Kier alpha value is -3.34. The molecule has 2 aromatic rings. The van der Waals surface area contributed by atoms with Crippen molar-refractivity contribution in [1.29, 1.82) is 0 Å². The first-order valence-electron chi connectivity index (χ1n) is 12.1. The number of carbonyl (C=O) groups is 3. The topological polar surface area (TPSA) is 102 Å². The van der Waals surface area contributed by atoms with Crippen molar-refractivity contribution in [3.8, 4) is 0 Å². The summed E-state index contributed by atoms with van der Waals surface area (Å²) in [6.07, 6.45) is -10.3. The van der Waals surface area contributed by atoms with Crippen LogP contribution in [0.25, 0.3) is 0 Å². The maximum absolute atomic E-state index is 13.5. The number of primary amides is 1. The number of nitrogens with two attached hydrogens (primary N) is 1. The fourth-order valence-electron chi connectivity index (χ4n) is 4.47. The molecule has 0 radical (unpaired) electrons. The van der Waals surface area contributed by atoms with Gasteiger partial charge in [-0.2, -0.15) is 13.2 Å². The van der Waals surface area contributed by atoms with E-state index in [0.29, 0.717) is 29.3 Å². The van der Waals surface area contributed by atoms with E-state index in [9.17, 15) is 36.3 Å². The van der Waals surface area contributed by atoms with Gasteiger partial charge in [-0.3, -0.25) is 19.4 Å². The molecular weight excluding hydrogens is 545 g/mol. The molecule has 1 aliphatic heterocycles. The lowest BCUT2D eigenvalue weighted by molar-refractivity contribution is -0.147. The molecule has 0 saturated heterocycles. The second kappa shape index (κ2) is 12.2. The third kappa shape index (κ3) is 8.32. The maximum atomic E-state index is 13.5. The summed E-state index contributed by atoms with van der Waals surface area (Å²) in [5.74, 6) is -9.49. The van der Waals surface area contributed by atoms with Gasteiger partial charge in [0, 0.05) is 47.2 Å². The number of nitrogens with zero attached hydrogens (tertiary/aromatic N) is 1. The molecule has 3 N–H and O–H groups in total. The summed E-state index contributed by atoms with van der Waals surface area (Å²) in [7, 11) is 0. The highest BCUT2D eigenvalue weighted by atomic mass is 35.5. The van der Waals surface area contributed by atoms with Crippen LogP contribution in [-0.4, -0.2) is 41.6 Å². The number of amides is 2. The highest BCUT2D eigenvalue weighted by molar-refractivity contribution is 6.32. The van der Waals surface area contributed by atoms with E-state index in [1.165, 1.54) is 0 Å². The molecule has 2 aromatic carbocycles. The largest absolute Gasteiger partial charge is 0.389 e. The van der Waals surface area contributed by atoms with E-state index in [0.717, 1.165) is 0 Å². The van der Waals surface area contributed by atoms with Crippen LogP contribution in [0.3, 0.4) is 0 Å². The van der Waals surface area contributed by atoms with E-state index in [4.69, 9.17) is 17.3 Å². The van der Waals surface area contributed by atoms with Crippen LogP contribution < -0.4 is 11.1 Å². The van der Waals surface area contributed by atoms with Crippen LogP contribution in [0.1, 0.15) is 49.3 Å². The van der Waals surface area contributed by atoms with Crippen LogP contribution >= 0.6 is 11.6 Å². The second-order valence-electron chi connectivity index (χ2n) is 9.54. The van der Waals surface area contributed by atoms with Gasteiger partial charge in [0.05, 0.1) is 5.71 Å². The van der Waals surface area contributed by atoms with Crippen molar-refractivity contribution in [2.45, 2.75) is 57.3 Å². The lowest BCUT2D eigenvalue weighted by atomic mass is 9.83. The fraction of sp³-hybridized carbons (Fsp3) is 0.407. The normalized spacial score (nSPS) is 17.5. The van der Waals surface area contributed by atoms with Crippen LogP contribution in [-0.2, 0) is 20.8 Å². The van der Waals surface area contributed by atoms with E-state index in [-0.39, 0.29) is 11.4 Å². The molecule has 39 heavy (non-hydrogen) atoms. The van der Waals surface area contributed by atoms with Gasteiger partial charge in [-0.15, -0.1) is 0 Å². The Kier molecular flexibility index (Phi) is 9.47. The molecule has 6 nitrogen and oxygen atoms in total. The van der Waals surface area contributed by atoms with Gasteiger partial charge in [-0.05, 0) is 31.4 Å². The van der Waals surface area contributed by atoms with Crippen molar-refractivity contribution in [3.63, 3.8) is 0 Å². The first-order valence-corrected chi connectivity index (χ1v) is 12.5. The Bertz CT molecular complexity index is 1250. The van der Waals surface area contributed by atoms with Crippen LogP contribution in [0.15, 0.2) is 53.5 Å². The van der Waals surface area contributed by atoms with Gasteiger partial charge in [-0.25, -0.2) is 8.78 Å². The van der Waals surface area contributed by atoms with E-state index >= 15 is 0 Å². The minimum absolute atomic E-state index is 0.242. The molecule has 0 aromatic heterocycles. The summed E-state index contributed by atoms with van der Waals surface area (Å²) in [6, 6.07) is 13.6. The number of alkyl halides is 5. The van der Waals surface area contributed by atoms with Crippen molar-refractivity contribution >= 4 is 34.9 Å². The van der Waals surface area contributed by atoms with Gasteiger partial charge >= 0.3 is 6.18 Å². The summed E-state index contributed by atoms with van der Waals surface area (Å²) < 4.78 is 66.2. The summed E-state index contributed by atoms with van der Waals surface area (Å²) in [5, 5.41) is 2.64. The number of nitrogens with one attached hydrogen (secondary N) is 1. The SMILES string of the molecule is CC(F)(F)CC[C@H](C(N)=O)[C@@H](CCC(F)(F)F)C(=O)N[C@H]1N=C(c2ccccc2)c2cccc(Cl)c2CC1=O. The average Bonchev–Trinajstić information content (AvgIpc) is 2.97. The molecule has 0 bridgehead atoms. The molecule has 210 valence electrons. The zero-order valence-electron chi connectivity index (χ0n) is 20.9. The van der Waals surface area contributed by atoms with Crippen molar-refractivity contribution in [1.82, 2.24) is 5.32 Å². The maximum Gasteiger partial charge on any atom is 0.389 e. The number of carbonyl (C=O) groups excluding carboxylic acids is 3. The van der Waals surface area contributed by atoms with Crippen LogP contribution in [0.4, 0.5) is 22.0 Å². The molecule has 0 fully saturated rings. The van der Waals surface area contributed by atoms with Gasteiger partial charge < -0.3 is 11.1 Å². The molecule has 12 heteroatoms. The summed E-state index contributed by atoms with van der Waals surface area (Å²) in [6.45, 7) is 0.586. The Labute approximate surface area is 226 Å². The predicted molar refractivity (Wildman–Crippen MR) is 135 cm³/mol. The van der Waals surface area contributed by atoms with Crippen molar-refractivity contribution < 1.29 is 36.3 Å². The third-order valence-corrected chi connectivity index (χ3v) is 6.79. The number of benzene rings is 2. The Balaban J connectivity index is 1.99. The highest BCUT2D eigenvalue weighted by Crippen LogP contribution is 2.33. The van der Waals surface area contributed by atoms with Crippen molar-refractivity contribution in [3.05, 3.63) is 70.2 Å². The standard InChI is InChI=1S/C27H27ClF5N3O3/c1-26(29,30)12-10-17(23(34)38)18(11-13-27(31,32)33)25(39)36-24-21(37)14-19-16(8-5-9-20(19)28)22(35-24)15-6-3-2-4-7-15/h2-9,17-18,24H,10-14H2,1H3,(H2,34,38)(H,36,39)/t17-,18+,24+/m0/s1. The second-order valence-corrected chi connectivity index (χ2v) is 9.95. The molecule has 0 unspecified atom stereocenters. The number of Topliss-reactive ketones (excluding diaryl/α,β-unsaturated/α-hetero) is 1. The molecule has 3 atom stereocenters. The number of fused-ring (bicyclic) bond motifs is 1. The number of aliphatic imine (C=N–C) groups is 1. The predicted octanol–water partition coefficient (Wildman–Crippen LogP) is 5.24. The minimum Gasteiger partial charge on any atom is -0.369 e. The summed E-state index contributed by atoms with van der Waals surface area (Å²) in [5.41, 5.74) is 7.24. The number of rotatable bonds is 10. The third-order valence-electron chi connectivity index (χ3n) is 6.44. The van der Waals surface area contributed by atoms with E-state index in [2.05, 4.69) is 10.3 Å². The minimum atomic E-state index is -4.69. The molecular formula is C27H27ClF5N3O3.